The molecule has 0 heterocycles. The topological polar surface area (TPSA) is 52.6 Å². The fraction of sp³-hybridized carbons (Fsp3) is 0.846. The first kappa shape index (κ1) is 15.9. The summed E-state index contributed by atoms with van der Waals surface area (Å²) in [6, 6.07) is 0. The van der Waals surface area contributed by atoms with Crippen molar-refractivity contribution in [2.75, 3.05) is 6.61 Å². The van der Waals surface area contributed by atoms with E-state index < -0.39 is 16.9 Å². The van der Waals surface area contributed by atoms with Crippen LogP contribution >= 0.6 is 0 Å². The SMILES string of the molecule is CC(COC(=O)C(C)(C)C)C(=O)OC(C)(C)C. The third-order valence-corrected chi connectivity index (χ3v) is 1.89. The van der Waals surface area contributed by atoms with Gasteiger partial charge in [-0.3, -0.25) is 9.59 Å². The second kappa shape index (κ2) is 5.52. The van der Waals surface area contributed by atoms with Crippen LogP contribution in [0.3, 0.4) is 0 Å². The Balaban J connectivity index is 4.16. The molecule has 0 spiro atoms. The van der Waals surface area contributed by atoms with Gasteiger partial charge in [0, 0.05) is 0 Å². The van der Waals surface area contributed by atoms with Crippen molar-refractivity contribution in [3.63, 3.8) is 0 Å². The van der Waals surface area contributed by atoms with Crippen LogP contribution in [0.4, 0.5) is 0 Å². The van der Waals surface area contributed by atoms with E-state index in [2.05, 4.69) is 0 Å². The molecular formula is C13H24O4. The van der Waals surface area contributed by atoms with Gasteiger partial charge in [-0.2, -0.15) is 0 Å². The van der Waals surface area contributed by atoms with Gasteiger partial charge in [-0.25, -0.2) is 0 Å². The van der Waals surface area contributed by atoms with Crippen molar-refractivity contribution < 1.29 is 19.1 Å². The molecule has 0 saturated carbocycles. The van der Waals surface area contributed by atoms with Crippen molar-refractivity contribution in [2.45, 2.75) is 54.1 Å². The van der Waals surface area contributed by atoms with E-state index in [1.807, 2.05) is 0 Å². The predicted molar refractivity (Wildman–Crippen MR) is 65.4 cm³/mol. The lowest BCUT2D eigenvalue weighted by atomic mass is 9.97. The third-order valence-electron chi connectivity index (χ3n) is 1.89. The second-order valence-electron chi connectivity index (χ2n) is 6.28. The van der Waals surface area contributed by atoms with Crippen molar-refractivity contribution in [3.05, 3.63) is 0 Å². The Kier molecular flexibility index (Phi) is 5.17. The Morgan fingerprint density at radius 2 is 1.53 bits per heavy atom. The molecule has 1 unspecified atom stereocenters. The summed E-state index contributed by atoms with van der Waals surface area (Å²) >= 11 is 0. The maximum absolute atomic E-state index is 11.6. The summed E-state index contributed by atoms with van der Waals surface area (Å²) in [4.78, 5) is 23.1. The molecule has 0 aliphatic heterocycles. The summed E-state index contributed by atoms with van der Waals surface area (Å²) in [5.41, 5.74) is -1.06. The van der Waals surface area contributed by atoms with Crippen LogP contribution in [0, 0.1) is 11.3 Å². The van der Waals surface area contributed by atoms with Crippen LogP contribution in [-0.4, -0.2) is 24.1 Å². The lowest BCUT2D eigenvalue weighted by Gasteiger charge is -2.23. The lowest BCUT2D eigenvalue weighted by Crippen LogP contribution is -2.31. The molecule has 0 aromatic heterocycles. The summed E-state index contributed by atoms with van der Waals surface area (Å²) in [7, 11) is 0. The van der Waals surface area contributed by atoms with Crippen molar-refractivity contribution >= 4 is 11.9 Å². The van der Waals surface area contributed by atoms with E-state index in [1.54, 1.807) is 48.5 Å². The normalized spacial score (nSPS) is 14.1. The average molecular weight is 244 g/mol. The molecule has 0 aliphatic carbocycles. The number of rotatable bonds is 3. The molecule has 0 aromatic carbocycles. The van der Waals surface area contributed by atoms with Crippen LogP contribution in [0.2, 0.25) is 0 Å². The Morgan fingerprint density at radius 1 is 1.06 bits per heavy atom. The molecule has 0 aliphatic rings. The molecule has 4 heteroatoms. The van der Waals surface area contributed by atoms with Crippen LogP contribution in [0.25, 0.3) is 0 Å². The van der Waals surface area contributed by atoms with Gasteiger partial charge < -0.3 is 9.47 Å². The number of carbonyl (C=O) groups excluding carboxylic acids is 2. The maximum Gasteiger partial charge on any atom is 0.312 e. The molecular weight excluding hydrogens is 220 g/mol. The largest absolute Gasteiger partial charge is 0.464 e. The molecule has 1 atom stereocenters. The van der Waals surface area contributed by atoms with E-state index in [0.717, 1.165) is 0 Å². The van der Waals surface area contributed by atoms with Crippen LogP contribution in [-0.2, 0) is 19.1 Å². The van der Waals surface area contributed by atoms with E-state index in [1.165, 1.54) is 0 Å². The highest BCUT2D eigenvalue weighted by molar-refractivity contribution is 5.76. The summed E-state index contributed by atoms with van der Waals surface area (Å²) < 4.78 is 10.3. The van der Waals surface area contributed by atoms with Gasteiger partial charge in [0.2, 0.25) is 0 Å². The first-order chi connectivity index (χ1) is 7.43. The number of hydrogen-bond acceptors (Lipinski definition) is 4. The van der Waals surface area contributed by atoms with Crippen LogP contribution < -0.4 is 0 Å². The van der Waals surface area contributed by atoms with Crippen molar-refractivity contribution in [3.8, 4) is 0 Å². The standard InChI is InChI=1S/C13H24O4/c1-9(10(14)17-13(5,6)7)8-16-11(15)12(2,3)4/h9H,8H2,1-7H3. The zero-order valence-electron chi connectivity index (χ0n) is 11.9. The fourth-order valence-corrected chi connectivity index (χ4v) is 0.888. The zero-order valence-corrected chi connectivity index (χ0v) is 11.9. The predicted octanol–water partition coefficient (Wildman–Crippen LogP) is 2.55. The number of ether oxygens (including phenoxy) is 2. The van der Waals surface area contributed by atoms with E-state index in [9.17, 15) is 9.59 Å². The molecule has 17 heavy (non-hydrogen) atoms. The van der Waals surface area contributed by atoms with E-state index in [0.29, 0.717) is 0 Å². The summed E-state index contributed by atoms with van der Waals surface area (Å²) in [5.74, 6) is -1.10. The maximum atomic E-state index is 11.6. The van der Waals surface area contributed by atoms with Gasteiger partial charge in [0.25, 0.3) is 0 Å². The molecule has 0 radical (unpaired) electrons. The van der Waals surface area contributed by atoms with E-state index in [4.69, 9.17) is 9.47 Å². The van der Waals surface area contributed by atoms with Crippen LogP contribution in [0.15, 0.2) is 0 Å². The minimum Gasteiger partial charge on any atom is -0.464 e. The van der Waals surface area contributed by atoms with E-state index in [-0.39, 0.29) is 18.5 Å². The smallest absolute Gasteiger partial charge is 0.312 e. The van der Waals surface area contributed by atoms with Crippen molar-refractivity contribution in [2.24, 2.45) is 11.3 Å². The van der Waals surface area contributed by atoms with Gasteiger partial charge in [-0.1, -0.05) is 0 Å². The highest BCUT2D eigenvalue weighted by Gasteiger charge is 2.26. The second-order valence-corrected chi connectivity index (χ2v) is 6.28. The van der Waals surface area contributed by atoms with Gasteiger partial charge in [0.1, 0.15) is 12.2 Å². The van der Waals surface area contributed by atoms with Gasteiger partial charge in [-0.15, -0.1) is 0 Å². The highest BCUT2D eigenvalue weighted by Crippen LogP contribution is 2.17. The molecule has 0 saturated heterocycles. The molecule has 0 bridgehead atoms. The summed E-state index contributed by atoms with van der Waals surface area (Å²) in [6.07, 6.45) is 0. The van der Waals surface area contributed by atoms with Gasteiger partial charge in [-0.05, 0) is 48.5 Å². The number of hydrogen-bond donors (Lipinski definition) is 0. The first-order valence-electron chi connectivity index (χ1n) is 5.83. The Hall–Kier alpha value is -1.06. The quantitative estimate of drug-likeness (QED) is 0.716. The highest BCUT2D eigenvalue weighted by atomic mass is 16.6. The van der Waals surface area contributed by atoms with Crippen molar-refractivity contribution in [1.82, 2.24) is 0 Å². The first-order valence-corrected chi connectivity index (χ1v) is 5.83. The monoisotopic (exact) mass is 244 g/mol. The molecule has 0 aromatic rings. The summed E-state index contributed by atoms with van der Waals surface area (Å²) in [6.45, 7) is 12.5. The average Bonchev–Trinajstić information content (AvgIpc) is 2.08. The van der Waals surface area contributed by atoms with Crippen LogP contribution in [0.5, 0.6) is 0 Å². The van der Waals surface area contributed by atoms with E-state index >= 15 is 0 Å². The molecule has 0 fully saturated rings. The minimum atomic E-state index is -0.548. The molecule has 0 amide bonds. The Morgan fingerprint density at radius 3 is 1.88 bits per heavy atom. The number of esters is 2. The minimum absolute atomic E-state index is 0.0605. The molecule has 0 N–H and O–H groups in total. The molecule has 100 valence electrons. The summed E-state index contributed by atoms with van der Waals surface area (Å²) in [5, 5.41) is 0. The number of carbonyl (C=O) groups is 2. The lowest BCUT2D eigenvalue weighted by molar-refractivity contribution is -0.165. The Labute approximate surface area is 104 Å². The van der Waals surface area contributed by atoms with Gasteiger partial charge >= 0.3 is 11.9 Å². The fourth-order valence-electron chi connectivity index (χ4n) is 0.888. The Bertz CT molecular complexity index is 281. The zero-order chi connectivity index (χ0) is 13.9. The van der Waals surface area contributed by atoms with Gasteiger partial charge in [0.05, 0.1) is 11.3 Å². The van der Waals surface area contributed by atoms with Gasteiger partial charge in [0.15, 0.2) is 0 Å². The third kappa shape index (κ3) is 6.97. The van der Waals surface area contributed by atoms with Crippen LogP contribution in [0.1, 0.15) is 48.5 Å². The molecule has 4 nitrogen and oxygen atoms in total. The molecule has 0 rings (SSSR count). The van der Waals surface area contributed by atoms with Crippen molar-refractivity contribution in [1.29, 1.82) is 0 Å².